The van der Waals surface area contributed by atoms with Crippen molar-refractivity contribution in [2.24, 2.45) is 0 Å². The Morgan fingerprint density at radius 3 is 2.55 bits per heavy atom. The van der Waals surface area contributed by atoms with Crippen LogP contribution in [0.1, 0.15) is 40.9 Å². The molecular weight excluding hydrogens is 392 g/mol. The van der Waals surface area contributed by atoms with E-state index in [4.69, 9.17) is 0 Å². The van der Waals surface area contributed by atoms with E-state index in [2.05, 4.69) is 5.32 Å². The molecule has 1 unspecified atom stereocenters. The summed E-state index contributed by atoms with van der Waals surface area (Å²) in [5, 5.41) is 2.98. The van der Waals surface area contributed by atoms with Gasteiger partial charge < -0.3 is 19.7 Å². The van der Waals surface area contributed by atoms with E-state index in [-0.39, 0.29) is 29.0 Å². The summed E-state index contributed by atoms with van der Waals surface area (Å²) in [4.78, 5) is 42.1. The number of fused-ring (bicyclic) bond motifs is 1. The van der Waals surface area contributed by atoms with E-state index in [1.54, 1.807) is 16.4 Å². The molecule has 166 valence electrons. The lowest BCUT2D eigenvalue weighted by atomic mass is 9.95. The number of amides is 2. The molecule has 2 heterocycles. The minimum Gasteiger partial charge on any atom is -0.348 e. The fourth-order valence-corrected chi connectivity index (χ4v) is 4.16. The van der Waals surface area contributed by atoms with Crippen LogP contribution in [0.25, 0.3) is 0 Å². The highest BCUT2D eigenvalue weighted by Gasteiger charge is 2.27. The van der Waals surface area contributed by atoms with Gasteiger partial charge in [0.15, 0.2) is 0 Å². The summed E-state index contributed by atoms with van der Waals surface area (Å²) < 4.78 is 1.63. The van der Waals surface area contributed by atoms with E-state index in [0.29, 0.717) is 39.0 Å². The molecule has 1 aliphatic rings. The maximum Gasteiger partial charge on any atom is 0.263 e. The predicted molar refractivity (Wildman–Crippen MR) is 121 cm³/mol. The smallest absolute Gasteiger partial charge is 0.263 e. The van der Waals surface area contributed by atoms with Crippen molar-refractivity contribution in [1.29, 1.82) is 0 Å². The average molecular weight is 425 g/mol. The lowest BCUT2D eigenvalue weighted by Crippen LogP contribution is -2.44. The summed E-state index contributed by atoms with van der Waals surface area (Å²) in [5.74, 6) is -0.334. The Bertz CT molecular complexity index is 998. The van der Waals surface area contributed by atoms with Crippen LogP contribution in [0.5, 0.6) is 0 Å². The largest absolute Gasteiger partial charge is 0.348 e. The number of aryl methyl sites for hydroxylation is 2. The van der Waals surface area contributed by atoms with Gasteiger partial charge in [-0.05, 0) is 50.6 Å². The number of hydrogen-bond acceptors (Lipinski definition) is 4. The number of benzene rings is 1. The standard InChI is InChI=1S/C24H32N4O3/c1-17(14-26(3)4)25-23(30)22-21-11-13-27(18(2)29)15-20(21)16-28(24(22)31)12-10-19-8-6-5-7-9-19/h5-9,16-17H,10-15H2,1-4H3,(H,25,30). The highest BCUT2D eigenvalue weighted by atomic mass is 16.2. The van der Waals surface area contributed by atoms with Gasteiger partial charge >= 0.3 is 0 Å². The molecule has 1 aliphatic heterocycles. The molecule has 31 heavy (non-hydrogen) atoms. The average Bonchev–Trinajstić information content (AvgIpc) is 2.71. The van der Waals surface area contributed by atoms with E-state index in [1.165, 1.54) is 0 Å². The van der Waals surface area contributed by atoms with E-state index in [1.807, 2.05) is 62.4 Å². The van der Waals surface area contributed by atoms with E-state index < -0.39 is 0 Å². The van der Waals surface area contributed by atoms with Crippen molar-refractivity contribution in [3.63, 3.8) is 0 Å². The molecule has 0 spiro atoms. The third-order valence-corrected chi connectivity index (χ3v) is 5.64. The van der Waals surface area contributed by atoms with E-state index in [0.717, 1.165) is 16.7 Å². The Balaban J connectivity index is 1.95. The third-order valence-electron chi connectivity index (χ3n) is 5.64. The molecule has 1 aromatic carbocycles. The van der Waals surface area contributed by atoms with Gasteiger partial charge in [-0.15, -0.1) is 0 Å². The zero-order valence-corrected chi connectivity index (χ0v) is 18.9. The predicted octanol–water partition coefficient (Wildman–Crippen LogP) is 1.68. The molecule has 0 bridgehead atoms. The Morgan fingerprint density at radius 1 is 1.19 bits per heavy atom. The molecule has 0 fully saturated rings. The second kappa shape index (κ2) is 9.92. The Kier molecular flexibility index (Phi) is 7.28. The van der Waals surface area contributed by atoms with Gasteiger partial charge in [-0.25, -0.2) is 0 Å². The lowest BCUT2D eigenvalue weighted by molar-refractivity contribution is -0.129. The Labute approximate surface area is 183 Å². The van der Waals surface area contributed by atoms with Gasteiger partial charge in [0, 0.05) is 45.3 Å². The first-order chi connectivity index (χ1) is 14.8. The van der Waals surface area contributed by atoms with Gasteiger partial charge in [-0.1, -0.05) is 30.3 Å². The number of carbonyl (C=O) groups excluding carboxylic acids is 2. The van der Waals surface area contributed by atoms with Crippen LogP contribution in [0.4, 0.5) is 0 Å². The first-order valence-corrected chi connectivity index (χ1v) is 10.8. The number of nitrogens with zero attached hydrogens (tertiary/aromatic N) is 3. The van der Waals surface area contributed by atoms with Gasteiger partial charge in [0.25, 0.3) is 11.5 Å². The van der Waals surface area contributed by atoms with Crippen LogP contribution in [0.15, 0.2) is 41.3 Å². The van der Waals surface area contributed by atoms with Crippen molar-refractivity contribution in [3.05, 3.63) is 69.1 Å². The first kappa shape index (κ1) is 22.7. The van der Waals surface area contributed by atoms with Gasteiger partial charge in [0.05, 0.1) is 0 Å². The number of nitrogens with one attached hydrogen (secondary N) is 1. The molecule has 1 atom stereocenters. The van der Waals surface area contributed by atoms with Gasteiger partial charge in [0.2, 0.25) is 5.91 Å². The molecule has 0 saturated carbocycles. The summed E-state index contributed by atoms with van der Waals surface area (Å²) in [6, 6.07) is 9.87. The lowest BCUT2D eigenvalue weighted by Gasteiger charge is -2.30. The fourth-order valence-electron chi connectivity index (χ4n) is 4.16. The minimum absolute atomic E-state index is 0.00158. The SMILES string of the molecule is CC(=O)N1CCc2c(cn(CCc3ccccc3)c(=O)c2C(=O)NC(C)CN(C)C)C1. The fraction of sp³-hybridized carbons (Fsp3) is 0.458. The van der Waals surface area contributed by atoms with Crippen molar-refractivity contribution >= 4 is 11.8 Å². The molecule has 7 nitrogen and oxygen atoms in total. The van der Waals surface area contributed by atoms with Gasteiger partial charge in [-0.2, -0.15) is 0 Å². The molecule has 1 aromatic heterocycles. The van der Waals surface area contributed by atoms with Crippen molar-refractivity contribution in [2.75, 3.05) is 27.2 Å². The molecule has 0 saturated heterocycles. The van der Waals surface area contributed by atoms with Crippen molar-refractivity contribution in [3.8, 4) is 0 Å². The molecule has 7 heteroatoms. The maximum absolute atomic E-state index is 13.3. The van der Waals surface area contributed by atoms with Crippen LogP contribution >= 0.6 is 0 Å². The molecule has 0 radical (unpaired) electrons. The number of likely N-dealkylation sites (N-methyl/N-ethyl adjacent to an activating group) is 1. The van der Waals surface area contributed by atoms with Crippen LogP contribution in [0.2, 0.25) is 0 Å². The van der Waals surface area contributed by atoms with Crippen LogP contribution in [0, 0.1) is 0 Å². The molecule has 0 aliphatic carbocycles. The van der Waals surface area contributed by atoms with Gasteiger partial charge in [0.1, 0.15) is 5.56 Å². The van der Waals surface area contributed by atoms with Gasteiger partial charge in [-0.3, -0.25) is 14.4 Å². The number of aromatic nitrogens is 1. The molecule has 1 N–H and O–H groups in total. The molecular formula is C24H32N4O3. The molecule has 3 rings (SSSR count). The number of carbonyl (C=O) groups is 2. The Morgan fingerprint density at radius 2 is 1.90 bits per heavy atom. The van der Waals surface area contributed by atoms with Crippen LogP contribution < -0.4 is 10.9 Å². The summed E-state index contributed by atoms with van der Waals surface area (Å²) in [7, 11) is 3.89. The third kappa shape index (κ3) is 5.61. The zero-order valence-electron chi connectivity index (χ0n) is 18.9. The van der Waals surface area contributed by atoms with Crippen LogP contribution in [0.3, 0.4) is 0 Å². The quantitative estimate of drug-likeness (QED) is 0.734. The highest BCUT2D eigenvalue weighted by Crippen LogP contribution is 2.21. The zero-order chi connectivity index (χ0) is 22.5. The number of rotatable bonds is 7. The molecule has 2 aromatic rings. The second-order valence-corrected chi connectivity index (χ2v) is 8.57. The van der Waals surface area contributed by atoms with E-state index >= 15 is 0 Å². The Hall–Kier alpha value is -2.93. The molecule has 2 amide bonds. The normalized spacial score (nSPS) is 14.3. The highest BCUT2D eigenvalue weighted by molar-refractivity contribution is 5.96. The summed E-state index contributed by atoms with van der Waals surface area (Å²) in [6.45, 7) is 5.57. The van der Waals surface area contributed by atoms with Crippen molar-refractivity contribution < 1.29 is 9.59 Å². The van der Waals surface area contributed by atoms with Crippen molar-refractivity contribution in [2.45, 2.75) is 45.8 Å². The number of pyridine rings is 1. The second-order valence-electron chi connectivity index (χ2n) is 8.57. The van der Waals surface area contributed by atoms with E-state index in [9.17, 15) is 14.4 Å². The van der Waals surface area contributed by atoms with Crippen LogP contribution in [-0.4, -0.2) is 59.4 Å². The topological polar surface area (TPSA) is 74.6 Å². The van der Waals surface area contributed by atoms with Crippen molar-refractivity contribution in [1.82, 2.24) is 19.7 Å². The maximum atomic E-state index is 13.3. The summed E-state index contributed by atoms with van der Waals surface area (Å²) in [5.41, 5.74) is 2.73. The summed E-state index contributed by atoms with van der Waals surface area (Å²) in [6.07, 6.45) is 3.03. The van der Waals surface area contributed by atoms with Crippen LogP contribution in [-0.2, 0) is 30.7 Å². The summed E-state index contributed by atoms with van der Waals surface area (Å²) >= 11 is 0. The minimum atomic E-state index is -0.332. The number of hydrogen-bond donors (Lipinski definition) is 1. The first-order valence-electron chi connectivity index (χ1n) is 10.8. The monoisotopic (exact) mass is 424 g/mol.